The maximum Gasteiger partial charge on any atom is 0.124 e. The summed E-state index contributed by atoms with van der Waals surface area (Å²) in [7, 11) is 0. The summed E-state index contributed by atoms with van der Waals surface area (Å²) in [6.45, 7) is 8.45. The molecule has 0 saturated heterocycles. The fourth-order valence-electron chi connectivity index (χ4n) is 1.78. The van der Waals surface area contributed by atoms with Crippen LogP contribution in [0.25, 0.3) is 0 Å². The minimum atomic E-state index is 0.568. The van der Waals surface area contributed by atoms with E-state index in [1.807, 2.05) is 25.1 Å². The van der Waals surface area contributed by atoms with Crippen molar-refractivity contribution in [2.24, 2.45) is 5.92 Å². The quantitative estimate of drug-likeness (QED) is 0.567. The van der Waals surface area contributed by atoms with Crippen molar-refractivity contribution in [1.82, 2.24) is 0 Å². The maximum atomic E-state index is 5.78. The molecule has 0 spiro atoms. The van der Waals surface area contributed by atoms with Crippen LogP contribution in [-0.2, 0) is 11.3 Å². The van der Waals surface area contributed by atoms with Gasteiger partial charge < -0.3 is 15.2 Å². The van der Waals surface area contributed by atoms with Crippen LogP contribution in [0.2, 0.25) is 0 Å². The van der Waals surface area contributed by atoms with Gasteiger partial charge in [0.05, 0.1) is 13.2 Å². The van der Waals surface area contributed by atoms with E-state index in [-0.39, 0.29) is 0 Å². The van der Waals surface area contributed by atoms with Gasteiger partial charge in [-0.2, -0.15) is 0 Å². The minimum absolute atomic E-state index is 0.568. The van der Waals surface area contributed by atoms with Gasteiger partial charge in [0.1, 0.15) is 5.75 Å². The normalized spacial score (nSPS) is 10.9. The van der Waals surface area contributed by atoms with Crippen LogP contribution in [0.4, 0.5) is 5.69 Å². The molecule has 2 N–H and O–H groups in total. The second-order valence-corrected chi connectivity index (χ2v) is 4.89. The Balaban J connectivity index is 2.42. The fourth-order valence-corrected chi connectivity index (χ4v) is 1.78. The number of benzene rings is 1. The van der Waals surface area contributed by atoms with Crippen LogP contribution < -0.4 is 10.5 Å². The Kier molecular flexibility index (Phi) is 6.58. The SMILES string of the molecule is CCOc1ccc(N)cc1COCCCC(C)C. The average molecular weight is 251 g/mol. The Morgan fingerprint density at radius 1 is 1.28 bits per heavy atom. The van der Waals surface area contributed by atoms with E-state index in [2.05, 4.69) is 13.8 Å². The molecule has 1 aromatic rings. The lowest BCUT2D eigenvalue weighted by Gasteiger charge is -2.12. The van der Waals surface area contributed by atoms with Gasteiger partial charge in [0.2, 0.25) is 0 Å². The average Bonchev–Trinajstić information content (AvgIpc) is 2.32. The number of rotatable bonds is 8. The Labute approximate surface area is 110 Å². The van der Waals surface area contributed by atoms with E-state index in [0.717, 1.165) is 35.9 Å². The lowest BCUT2D eigenvalue weighted by molar-refractivity contribution is 0.112. The van der Waals surface area contributed by atoms with Gasteiger partial charge in [0.15, 0.2) is 0 Å². The first kappa shape index (κ1) is 14.8. The highest BCUT2D eigenvalue weighted by molar-refractivity contribution is 5.47. The van der Waals surface area contributed by atoms with Gasteiger partial charge in [-0.3, -0.25) is 0 Å². The van der Waals surface area contributed by atoms with Gasteiger partial charge in [-0.05, 0) is 43.9 Å². The van der Waals surface area contributed by atoms with Gasteiger partial charge in [-0.15, -0.1) is 0 Å². The molecule has 3 nitrogen and oxygen atoms in total. The van der Waals surface area contributed by atoms with Crippen LogP contribution in [0.3, 0.4) is 0 Å². The molecule has 0 radical (unpaired) electrons. The summed E-state index contributed by atoms with van der Waals surface area (Å²) in [6.07, 6.45) is 2.30. The Morgan fingerprint density at radius 3 is 2.72 bits per heavy atom. The van der Waals surface area contributed by atoms with E-state index in [9.17, 15) is 0 Å². The summed E-state index contributed by atoms with van der Waals surface area (Å²) in [5.41, 5.74) is 7.56. The first-order valence-electron chi connectivity index (χ1n) is 6.72. The van der Waals surface area contributed by atoms with Crippen molar-refractivity contribution >= 4 is 5.69 Å². The molecular weight excluding hydrogens is 226 g/mol. The molecule has 0 fully saturated rings. The molecule has 0 atom stereocenters. The Morgan fingerprint density at radius 2 is 2.06 bits per heavy atom. The van der Waals surface area contributed by atoms with Gasteiger partial charge in [0, 0.05) is 17.9 Å². The van der Waals surface area contributed by atoms with Gasteiger partial charge in [0.25, 0.3) is 0 Å². The molecule has 102 valence electrons. The van der Waals surface area contributed by atoms with Crippen LogP contribution >= 0.6 is 0 Å². The van der Waals surface area contributed by atoms with Crippen molar-refractivity contribution < 1.29 is 9.47 Å². The third kappa shape index (κ3) is 5.41. The fraction of sp³-hybridized carbons (Fsp3) is 0.600. The highest BCUT2D eigenvalue weighted by atomic mass is 16.5. The number of nitrogen functional groups attached to an aromatic ring is 1. The molecule has 0 bridgehead atoms. The molecule has 0 aliphatic rings. The predicted molar refractivity (Wildman–Crippen MR) is 75.8 cm³/mol. The molecule has 0 aliphatic heterocycles. The number of hydrogen-bond donors (Lipinski definition) is 1. The predicted octanol–water partition coefficient (Wildman–Crippen LogP) is 3.62. The molecule has 3 heteroatoms. The minimum Gasteiger partial charge on any atom is -0.494 e. The molecule has 1 aromatic carbocycles. The molecule has 0 amide bonds. The van der Waals surface area contributed by atoms with Crippen LogP contribution in [0, 0.1) is 5.92 Å². The lowest BCUT2D eigenvalue weighted by Crippen LogP contribution is -2.02. The van der Waals surface area contributed by atoms with E-state index >= 15 is 0 Å². The first-order chi connectivity index (χ1) is 8.63. The summed E-state index contributed by atoms with van der Waals surface area (Å²) in [4.78, 5) is 0. The van der Waals surface area contributed by atoms with E-state index in [0.29, 0.717) is 13.2 Å². The lowest BCUT2D eigenvalue weighted by atomic mass is 10.1. The molecule has 0 unspecified atom stereocenters. The smallest absolute Gasteiger partial charge is 0.124 e. The van der Waals surface area contributed by atoms with Crippen molar-refractivity contribution in [3.05, 3.63) is 23.8 Å². The Hall–Kier alpha value is -1.22. The van der Waals surface area contributed by atoms with E-state index in [4.69, 9.17) is 15.2 Å². The molecular formula is C15H25NO2. The summed E-state index contributed by atoms with van der Waals surface area (Å²) in [5, 5.41) is 0. The number of nitrogens with two attached hydrogens (primary N) is 1. The summed E-state index contributed by atoms with van der Waals surface area (Å²) in [6, 6.07) is 5.69. The van der Waals surface area contributed by atoms with Crippen molar-refractivity contribution in [1.29, 1.82) is 0 Å². The monoisotopic (exact) mass is 251 g/mol. The third-order valence-corrected chi connectivity index (χ3v) is 2.71. The molecule has 0 heterocycles. The molecule has 0 aromatic heterocycles. The summed E-state index contributed by atoms with van der Waals surface area (Å²) >= 11 is 0. The second-order valence-electron chi connectivity index (χ2n) is 4.89. The zero-order valence-electron chi connectivity index (χ0n) is 11.7. The van der Waals surface area contributed by atoms with Crippen LogP contribution in [0.1, 0.15) is 39.2 Å². The van der Waals surface area contributed by atoms with E-state index in [1.54, 1.807) is 0 Å². The van der Waals surface area contributed by atoms with E-state index < -0.39 is 0 Å². The highest BCUT2D eigenvalue weighted by Gasteiger charge is 2.04. The maximum absolute atomic E-state index is 5.78. The summed E-state index contributed by atoms with van der Waals surface area (Å²) in [5.74, 6) is 1.61. The van der Waals surface area contributed by atoms with Crippen molar-refractivity contribution in [2.45, 2.75) is 40.2 Å². The second kappa shape index (κ2) is 7.98. The zero-order chi connectivity index (χ0) is 13.4. The topological polar surface area (TPSA) is 44.5 Å². The largest absolute Gasteiger partial charge is 0.494 e. The van der Waals surface area contributed by atoms with Crippen molar-refractivity contribution in [3.63, 3.8) is 0 Å². The van der Waals surface area contributed by atoms with Crippen LogP contribution in [-0.4, -0.2) is 13.2 Å². The van der Waals surface area contributed by atoms with Crippen LogP contribution in [0.5, 0.6) is 5.75 Å². The number of ether oxygens (including phenoxy) is 2. The number of hydrogen-bond acceptors (Lipinski definition) is 3. The molecule has 0 aliphatic carbocycles. The summed E-state index contributed by atoms with van der Waals surface area (Å²) < 4.78 is 11.2. The Bertz CT molecular complexity index is 350. The molecule has 18 heavy (non-hydrogen) atoms. The standard InChI is InChI=1S/C15H25NO2/c1-4-18-15-8-7-14(16)10-13(15)11-17-9-5-6-12(2)3/h7-8,10,12H,4-6,9,11,16H2,1-3H3. The van der Waals surface area contributed by atoms with Gasteiger partial charge >= 0.3 is 0 Å². The molecule has 1 rings (SSSR count). The van der Waals surface area contributed by atoms with E-state index in [1.165, 1.54) is 6.42 Å². The molecule has 0 saturated carbocycles. The number of anilines is 1. The van der Waals surface area contributed by atoms with Gasteiger partial charge in [-0.25, -0.2) is 0 Å². The van der Waals surface area contributed by atoms with Gasteiger partial charge in [-0.1, -0.05) is 13.8 Å². The van der Waals surface area contributed by atoms with Crippen molar-refractivity contribution in [3.8, 4) is 5.75 Å². The van der Waals surface area contributed by atoms with Crippen LogP contribution in [0.15, 0.2) is 18.2 Å². The zero-order valence-corrected chi connectivity index (χ0v) is 11.7. The first-order valence-corrected chi connectivity index (χ1v) is 6.72. The van der Waals surface area contributed by atoms with Crippen molar-refractivity contribution in [2.75, 3.05) is 18.9 Å². The third-order valence-electron chi connectivity index (χ3n) is 2.71. The highest BCUT2D eigenvalue weighted by Crippen LogP contribution is 2.22.